The molecule has 3 aliphatic carbocycles. The van der Waals surface area contributed by atoms with Crippen LogP contribution in [0.5, 0.6) is 11.5 Å². The predicted octanol–water partition coefficient (Wildman–Crippen LogP) is 5.74. The molecule has 4 aromatic carbocycles. The van der Waals surface area contributed by atoms with Crippen LogP contribution in [0.1, 0.15) is 35.1 Å². The lowest BCUT2D eigenvalue weighted by Crippen LogP contribution is -2.54. The number of phenols is 1. The SMILES string of the molecule is CCOc1ccc(N2C(=O)[C@@H]3C4c5ccccc5C(C=Nc5ccc(O)cc5)(c5ccccc54)[C@H]3C2=O)cc1. The van der Waals surface area contributed by atoms with Crippen LogP contribution in [0.2, 0.25) is 0 Å². The molecule has 4 aromatic rings. The standard InChI is InChI=1S/C33H26N2O4/c1-2-39-23-17-13-21(14-18-23)35-31(37)29-28-24-7-3-5-9-26(24)33(30(29)32(35)38,27-10-6-4-8-25(27)28)19-34-20-11-15-22(36)16-12-20/h3-19,28-30,36H,2H2,1H3/t28?,29-,30-,33?/m1/s1. The van der Waals surface area contributed by atoms with Gasteiger partial charge in [-0.2, -0.15) is 0 Å². The Morgan fingerprint density at radius 2 is 1.46 bits per heavy atom. The lowest BCUT2D eigenvalue weighted by molar-refractivity contribution is -0.122. The van der Waals surface area contributed by atoms with E-state index >= 15 is 0 Å². The second-order valence-electron chi connectivity index (χ2n) is 10.2. The van der Waals surface area contributed by atoms with Gasteiger partial charge in [0, 0.05) is 12.1 Å². The molecule has 0 unspecified atom stereocenters. The average molecular weight is 515 g/mol. The van der Waals surface area contributed by atoms with E-state index in [9.17, 15) is 14.7 Å². The van der Waals surface area contributed by atoms with Crippen LogP contribution >= 0.6 is 0 Å². The van der Waals surface area contributed by atoms with Gasteiger partial charge >= 0.3 is 0 Å². The first kappa shape index (κ1) is 23.4. The summed E-state index contributed by atoms with van der Waals surface area (Å²) >= 11 is 0. The van der Waals surface area contributed by atoms with Gasteiger partial charge in [-0.15, -0.1) is 0 Å². The number of aliphatic imine (C=N–C) groups is 1. The maximum atomic E-state index is 14.4. The number of aromatic hydroxyl groups is 1. The van der Waals surface area contributed by atoms with Crippen molar-refractivity contribution in [1.29, 1.82) is 0 Å². The van der Waals surface area contributed by atoms with Crippen LogP contribution in [0.3, 0.4) is 0 Å². The van der Waals surface area contributed by atoms with Crippen LogP contribution < -0.4 is 9.64 Å². The first-order chi connectivity index (χ1) is 19.0. The van der Waals surface area contributed by atoms with Gasteiger partial charge in [0.1, 0.15) is 11.5 Å². The van der Waals surface area contributed by atoms with Gasteiger partial charge in [0.2, 0.25) is 11.8 Å². The molecule has 1 heterocycles. The molecule has 2 atom stereocenters. The maximum Gasteiger partial charge on any atom is 0.239 e. The molecule has 2 amide bonds. The molecule has 1 fully saturated rings. The number of phenolic OH excluding ortho intramolecular Hbond substituents is 1. The molecular weight excluding hydrogens is 488 g/mol. The third kappa shape index (κ3) is 3.24. The zero-order valence-electron chi connectivity index (χ0n) is 21.3. The topological polar surface area (TPSA) is 79.2 Å². The summed E-state index contributed by atoms with van der Waals surface area (Å²) in [5, 5.41) is 9.76. The number of nitrogens with zero attached hydrogens (tertiary/aromatic N) is 2. The molecule has 0 spiro atoms. The molecule has 8 rings (SSSR count). The smallest absolute Gasteiger partial charge is 0.239 e. The number of carbonyl (C=O) groups is 2. The lowest BCUT2D eigenvalue weighted by atomic mass is 9.47. The molecule has 4 aliphatic rings. The van der Waals surface area contributed by atoms with Gasteiger partial charge in [0.15, 0.2) is 0 Å². The average Bonchev–Trinajstić information content (AvgIpc) is 3.24. The van der Waals surface area contributed by atoms with Crippen LogP contribution in [0.4, 0.5) is 11.4 Å². The fourth-order valence-electron chi connectivity index (χ4n) is 6.88. The Morgan fingerprint density at radius 1 is 0.846 bits per heavy atom. The summed E-state index contributed by atoms with van der Waals surface area (Å²) in [5.41, 5.74) is 4.40. The van der Waals surface area contributed by atoms with Gasteiger partial charge < -0.3 is 9.84 Å². The van der Waals surface area contributed by atoms with Crippen molar-refractivity contribution in [3.63, 3.8) is 0 Å². The summed E-state index contributed by atoms with van der Waals surface area (Å²) < 4.78 is 5.58. The first-order valence-electron chi connectivity index (χ1n) is 13.2. The van der Waals surface area contributed by atoms with Gasteiger partial charge in [0.05, 0.1) is 35.2 Å². The molecule has 0 radical (unpaired) electrons. The summed E-state index contributed by atoms with van der Waals surface area (Å²) in [6.45, 7) is 2.45. The minimum Gasteiger partial charge on any atom is -0.508 e. The first-order valence-corrected chi connectivity index (χ1v) is 13.2. The Kier molecular flexibility index (Phi) is 5.20. The number of imide groups is 1. The molecule has 2 bridgehead atoms. The van der Waals surface area contributed by atoms with Crippen LogP contribution in [-0.4, -0.2) is 29.7 Å². The van der Waals surface area contributed by atoms with E-state index in [0.717, 1.165) is 22.3 Å². The van der Waals surface area contributed by atoms with Crippen molar-refractivity contribution in [2.24, 2.45) is 16.8 Å². The van der Waals surface area contributed by atoms with Crippen molar-refractivity contribution in [1.82, 2.24) is 0 Å². The van der Waals surface area contributed by atoms with Gasteiger partial charge in [0.25, 0.3) is 0 Å². The number of anilines is 1. The summed E-state index contributed by atoms with van der Waals surface area (Å²) in [5.74, 6) is -0.993. The van der Waals surface area contributed by atoms with E-state index in [-0.39, 0.29) is 23.5 Å². The maximum absolute atomic E-state index is 14.4. The minimum atomic E-state index is -0.933. The number of hydrogen-bond acceptors (Lipinski definition) is 5. The van der Waals surface area contributed by atoms with E-state index in [4.69, 9.17) is 9.73 Å². The molecule has 0 saturated carbocycles. The zero-order chi connectivity index (χ0) is 26.7. The summed E-state index contributed by atoms with van der Waals surface area (Å²) in [7, 11) is 0. The van der Waals surface area contributed by atoms with Crippen LogP contribution in [0.15, 0.2) is 102 Å². The van der Waals surface area contributed by atoms with Gasteiger partial charge in [-0.3, -0.25) is 14.6 Å². The number of carbonyl (C=O) groups excluding carboxylic acids is 2. The van der Waals surface area contributed by atoms with E-state index < -0.39 is 17.3 Å². The van der Waals surface area contributed by atoms with Crippen LogP contribution in [0.25, 0.3) is 0 Å². The lowest BCUT2D eigenvalue weighted by Gasteiger charge is -2.52. The van der Waals surface area contributed by atoms with E-state index in [1.54, 1.807) is 48.5 Å². The molecule has 1 saturated heterocycles. The Morgan fingerprint density at radius 3 is 2.08 bits per heavy atom. The molecule has 1 N–H and O–H groups in total. The number of amides is 2. The van der Waals surface area contributed by atoms with Gasteiger partial charge in [-0.05, 0) is 77.7 Å². The molecular formula is C33H26N2O4. The highest BCUT2D eigenvalue weighted by atomic mass is 16.5. The normalized spacial score (nSPS) is 24.5. The van der Waals surface area contributed by atoms with E-state index in [0.29, 0.717) is 23.7 Å². The van der Waals surface area contributed by atoms with Gasteiger partial charge in [-0.1, -0.05) is 48.5 Å². The highest BCUT2D eigenvalue weighted by Gasteiger charge is 2.67. The summed E-state index contributed by atoms with van der Waals surface area (Å²) in [4.78, 5) is 34.8. The highest BCUT2D eigenvalue weighted by Crippen LogP contribution is 2.63. The Bertz CT molecular complexity index is 1590. The van der Waals surface area contributed by atoms with Crippen molar-refractivity contribution < 1.29 is 19.4 Å². The van der Waals surface area contributed by atoms with E-state index in [1.165, 1.54) is 4.90 Å². The second-order valence-corrected chi connectivity index (χ2v) is 10.2. The largest absolute Gasteiger partial charge is 0.508 e. The molecule has 0 aromatic heterocycles. The monoisotopic (exact) mass is 514 g/mol. The van der Waals surface area contributed by atoms with Crippen molar-refractivity contribution in [3.05, 3.63) is 119 Å². The highest BCUT2D eigenvalue weighted by molar-refractivity contribution is 6.25. The third-order valence-corrected chi connectivity index (χ3v) is 8.36. The Labute approximate surface area is 226 Å². The van der Waals surface area contributed by atoms with Crippen molar-refractivity contribution in [3.8, 4) is 11.5 Å². The van der Waals surface area contributed by atoms with E-state index in [2.05, 4.69) is 24.3 Å². The second kappa shape index (κ2) is 8.67. The predicted molar refractivity (Wildman–Crippen MR) is 149 cm³/mol. The molecule has 1 aliphatic heterocycles. The number of hydrogen-bond donors (Lipinski definition) is 1. The summed E-state index contributed by atoms with van der Waals surface area (Å²) in [6, 6.07) is 30.0. The van der Waals surface area contributed by atoms with E-state index in [1.807, 2.05) is 37.4 Å². The van der Waals surface area contributed by atoms with Gasteiger partial charge in [-0.25, -0.2) is 4.90 Å². The quantitative estimate of drug-likeness (QED) is 0.272. The Hall–Kier alpha value is -4.71. The van der Waals surface area contributed by atoms with Crippen molar-refractivity contribution >= 4 is 29.4 Å². The molecule has 39 heavy (non-hydrogen) atoms. The fraction of sp³-hybridized carbons (Fsp3) is 0.182. The Balaban J connectivity index is 1.44. The molecule has 6 heteroatoms. The van der Waals surface area contributed by atoms with Crippen molar-refractivity contribution in [2.45, 2.75) is 18.3 Å². The summed E-state index contributed by atoms with van der Waals surface area (Å²) in [6.07, 6.45) is 1.86. The zero-order valence-corrected chi connectivity index (χ0v) is 21.3. The van der Waals surface area contributed by atoms with Crippen LogP contribution in [0, 0.1) is 11.8 Å². The third-order valence-electron chi connectivity index (χ3n) is 8.36. The number of benzene rings is 4. The molecule has 192 valence electrons. The minimum absolute atomic E-state index is 0.156. The number of rotatable bonds is 5. The van der Waals surface area contributed by atoms with Crippen LogP contribution in [-0.2, 0) is 15.0 Å². The fourth-order valence-corrected chi connectivity index (χ4v) is 6.88. The van der Waals surface area contributed by atoms with Crippen molar-refractivity contribution in [2.75, 3.05) is 11.5 Å². The number of ether oxygens (including phenoxy) is 1. The molecule has 6 nitrogen and oxygen atoms in total.